The molecule has 1 aromatic carbocycles. The summed E-state index contributed by atoms with van der Waals surface area (Å²) in [6.07, 6.45) is 2.13. The lowest BCUT2D eigenvalue weighted by Crippen LogP contribution is -2.42. The summed E-state index contributed by atoms with van der Waals surface area (Å²) in [4.78, 5) is 37.6. The lowest BCUT2D eigenvalue weighted by Gasteiger charge is -2.21. The van der Waals surface area contributed by atoms with Crippen LogP contribution in [0.3, 0.4) is 0 Å². The standard InChI is InChI=1S/C21H33N5O4/c1-3-5-11-26(12-10-20(29)30-4-2)15-19(28)25-14-18(27)24-13-16-6-8-17(9-7-16)21(22)23/h6-9H,3-5,10-15H2,1-2H3,(H3,22,23)(H,24,27)(H,25,28). The Morgan fingerprint density at radius 3 is 2.37 bits per heavy atom. The third kappa shape index (κ3) is 10.6. The number of amides is 2. The molecule has 0 aliphatic heterocycles. The van der Waals surface area contributed by atoms with Crippen LogP contribution in [-0.2, 0) is 25.7 Å². The van der Waals surface area contributed by atoms with Crippen LogP contribution in [0.15, 0.2) is 24.3 Å². The van der Waals surface area contributed by atoms with Crippen molar-refractivity contribution < 1.29 is 19.1 Å². The van der Waals surface area contributed by atoms with Crippen molar-refractivity contribution in [1.29, 1.82) is 5.41 Å². The predicted octanol–water partition coefficient (Wildman–Crippen LogP) is 0.758. The maximum Gasteiger partial charge on any atom is 0.307 e. The highest BCUT2D eigenvalue weighted by Gasteiger charge is 2.13. The molecule has 0 saturated heterocycles. The molecule has 0 spiro atoms. The van der Waals surface area contributed by atoms with Gasteiger partial charge in [0, 0.05) is 18.7 Å². The summed E-state index contributed by atoms with van der Waals surface area (Å²) < 4.78 is 4.93. The molecule has 0 aromatic heterocycles. The molecule has 0 bridgehead atoms. The minimum atomic E-state index is -0.300. The first-order chi connectivity index (χ1) is 14.3. The van der Waals surface area contributed by atoms with Gasteiger partial charge >= 0.3 is 5.97 Å². The molecule has 0 aliphatic rings. The summed E-state index contributed by atoms with van der Waals surface area (Å²) in [7, 11) is 0. The average molecular weight is 420 g/mol. The number of rotatable bonds is 14. The molecular formula is C21H33N5O4. The molecule has 9 heteroatoms. The highest BCUT2D eigenvalue weighted by Crippen LogP contribution is 2.03. The first-order valence-corrected chi connectivity index (χ1v) is 10.2. The van der Waals surface area contributed by atoms with E-state index in [0.717, 1.165) is 18.4 Å². The quantitative estimate of drug-likeness (QED) is 0.200. The van der Waals surface area contributed by atoms with Gasteiger partial charge in [-0.3, -0.25) is 24.7 Å². The highest BCUT2D eigenvalue weighted by atomic mass is 16.5. The van der Waals surface area contributed by atoms with Crippen molar-refractivity contribution in [3.8, 4) is 0 Å². The number of carbonyl (C=O) groups excluding carboxylic acids is 3. The van der Waals surface area contributed by atoms with Crippen molar-refractivity contribution in [1.82, 2.24) is 15.5 Å². The molecule has 2 amide bonds. The largest absolute Gasteiger partial charge is 0.466 e. The predicted molar refractivity (Wildman–Crippen MR) is 115 cm³/mol. The molecule has 0 atom stereocenters. The maximum absolute atomic E-state index is 12.2. The number of nitrogen functional groups attached to an aromatic ring is 1. The van der Waals surface area contributed by atoms with Crippen LogP contribution in [0.2, 0.25) is 0 Å². The maximum atomic E-state index is 12.2. The van der Waals surface area contributed by atoms with Gasteiger partial charge < -0.3 is 21.1 Å². The van der Waals surface area contributed by atoms with E-state index in [4.69, 9.17) is 15.9 Å². The number of hydrogen-bond donors (Lipinski definition) is 4. The smallest absolute Gasteiger partial charge is 0.307 e. The second-order valence-corrected chi connectivity index (χ2v) is 6.85. The Hall–Kier alpha value is -2.94. The summed E-state index contributed by atoms with van der Waals surface area (Å²) in [5.41, 5.74) is 6.89. The summed E-state index contributed by atoms with van der Waals surface area (Å²) in [6.45, 7) is 5.61. The van der Waals surface area contributed by atoms with E-state index >= 15 is 0 Å². The number of nitrogens with two attached hydrogens (primary N) is 1. The van der Waals surface area contributed by atoms with Gasteiger partial charge in [-0.05, 0) is 25.5 Å². The van der Waals surface area contributed by atoms with Gasteiger partial charge in [-0.15, -0.1) is 0 Å². The molecule has 0 aliphatic carbocycles. The van der Waals surface area contributed by atoms with Gasteiger partial charge in [-0.1, -0.05) is 37.6 Å². The third-order valence-corrected chi connectivity index (χ3v) is 4.33. The van der Waals surface area contributed by atoms with E-state index in [0.29, 0.717) is 31.8 Å². The van der Waals surface area contributed by atoms with Crippen LogP contribution in [0, 0.1) is 5.41 Å². The fraction of sp³-hybridized carbons (Fsp3) is 0.524. The molecule has 5 N–H and O–H groups in total. The molecule has 0 saturated carbocycles. The summed E-state index contributed by atoms with van der Waals surface area (Å²) >= 11 is 0. The van der Waals surface area contributed by atoms with E-state index in [1.807, 2.05) is 4.90 Å². The average Bonchev–Trinajstić information content (AvgIpc) is 2.73. The van der Waals surface area contributed by atoms with E-state index in [2.05, 4.69) is 17.6 Å². The fourth-order valence-corrected chi connectivity index (χ4v) is 2.64. The van der Waals surface area contributed by atoms with Crippen LogP contribution >= 0.6 is 0 Å². The minimum Gasteiger partial charge on any atom is -0.466 e. The van der Waals surface area contributed by atoms with E-state index in [9.17, 15) is 14.4 Å². The van der Waals surface area contributed by atoms with E-state index < -0.39 is 0 Å². The molecule has 0 unspecified atom stereocenters. The zero-order valence-corrected chi connectivity index (χ0v) is 17.8. The lowest BCUT2D eigenvalue weighted by atomic mass is 10.1. The second kappa shape index (κ2) is 14.1. The van der Waals surface area contributed by atoms with Crippen molar-refractivity contribution in [2.24, 2.45) is 5.73 Å². The number of amidine groups is 1. The van der Waals surface area contributed by atoms with Crippen LogP contribution < -0.4 is 16.4 Å². The number of unbranched alkanes of at least 4 members (excludes halogenated alkanes) is 1. The zero-order chi connectivity index (χ0) is 22.4. The monoisotopic (exact) mass is 419 g/mol. The van der Waals surface area contributed by atoms with Crippen LogP contribution in [0.5, 0.6) is 0 Å². The Morgan fingerprint density at radius 1 is 1.07 bits per heavy atom. The number of nitrogens with zero attached hydrogens (tertiary/aromatic N) is 1. The van der Waals surface area contributed by atoms with Crippen molar-refractivity contribution in [2.45, 2.75) is 39.7 Å². The summed E-state index contributed by atoms with van der Waals surface area (Å²) in [5.74, 6) is -0.861. The van der Waals surface area contributed by atoms with Gasteiger partial charge in [-0.2, -0.15) is 0 Å². The zero-order valence-electron chi connectivity index (χ0n) is 17.8. The molecular weight excluding hydrogens is 386 g/mol. The van der Waals surface area contributed by atoms with Gasteiger partial charge in [0.25, 0.3) is 0 Å². The van der Waals surface area contributed by atoms with Gasteiger partial charge in [0.2, 0.25) is 11.8 Å². The molecule has 0 fully saturated rings. The Kier molecular flexibility index (Phi) is 11.8. The number of nitrogens with one attached hydrogen (secondary N) is 3. The number of benzene rings is 1. The SMILES string of the molecule is CCCCN(CCC(=O)OCC)CC(=O)NCC(=O)NCc1ccc(C(=N)N)cc1. The van der Waals surface area contributed by atoms with Gasteiger partial charge in [0.1, 0.15) is 5.84 Å². The first kappa shape index (κ1) is 25.1. The van der Waals surface area contributed by atoms with E-state index in [1.165, 1.54) is 0 Å². The van der Waals surface area contributed by atoms with Crippen molar-refractivity contribution in [3.63, 3.8) is 0 Å². The van der Waals surface area contributed by atoms with E-state index in [-0.39, 0.29) is 43.1 Å². The molecule has 9 nitrogen and oxygen atoms in total. The van der Waals surface area contributed by atoms with Crippen molar-refractivity contribution in [3.05, 3.63) is 35.4 Å². The first-order valence-electron chi connectivity index (χ1n) is 10.2. The van der Waals surface area contributed by atoms with Crippen LogP contribution in [0.25, 0.3) is 0 Å². The molecule has 30 heavy (non-hydrogen) atoms. The van der Waals surface area contributed by atoms with E-state index in [1.54, 1.807) is 31.2 Å². The van der Waals surface area contributed by atoms with Gasteiger partial charge in [-0.25, -0.2) is 0 Å². The third-order valence-electron chi connectivity index (χ3n) is 4.33. The van der Waals surface area contributed by atoms with Crippen LogP contribution in [-0.4, -0.2) is 61.3 Å². The summed E-state index contributed by atoms with van der Waals surface area (Å²) in [5, 5.41) is 12.7. The Labute approximate surface area is 177 Å². The number of carbonyl (C=O) groups is 3. The molecule has 1 rings (SSSR count). The molecule has 0 heterocycles. The normalized spacial score (nSPS) is 10.5. The van der Waals surface area contributed by atoms with Crippen LogP contribution in [0.1, 0.15) is 44.2 Å². The van der Waals surface area contributed by atoms with Gasteiger partial charge in [0.05, 0.1) is 26.1 Å². The Bertz CT molecular complexity index is 706. The van der Waals surface area contributed by atoms with Crippen molar-refractivity contribution in [2.75, 3.05) is 32.8 Å². The van der Waals surface area contributed by atoms with Gasteiger partial charge in [0.15, 0.2) is 0 Å². The Balaban J connectivity index is 2.37. The minimum absolute atomic E-state index is 0.0106. The molecule has 1 aromatic rings. The second-order valence-electron chi connectivity index (χ2n) is 6.85. The molecule has 0 radical (unpaired) electrons. The summed E-state index contributed by atoms with van der Waals surface area (Å²) in [6, 6.07) is 7.00. The number of ether oxygens (including phenoxy) is 1. The lowest BCUT2D eigenvalue weighted by molar-refractivity contribution is -0.143. The van der Waals surface area contributed by atoms with Crippen molar-refractivity contribution >= 4 is 23.6 Å². The number of esters is 1. The highest BCUT2D eigenvalue weighted by molar-refractivity contribution is 5.94. The fourth-order valence-electron chi connectivity index (χ4n) is 2.64. The molecule has 166 valence electrons. The number of hydrogen-bond acceptors (Lipinski definition) is 6. The Morgan fingerprint density at radius 2 is 1.77 bits per heavy atom. The topological polar surface area (TPSA) is 138 Å². The van der Waals surface area contributed by atoms with Crippen LogP contribution in [0.4, 0.5) is 0 Å².